The maximum atomic E-state index is 13.3. The molecule has 26 heavy (non-hydrogen) atoms. The van der Waals surface area contributed by atoms with E-state index < -0.39 is 0 Å². The molecule has 0 radical (unpaired) electrons. The van der Waals surface area contributed by atoms with Gasteiger partial charge in [-0.3, -0.25) is 14.2 Å². The average Bonchev–Trinajstić information content (AvgIpc) is 2.66. The fourth-order valence-corrected chi connectivity index (χ4v) is 2.76. The summed E-state index contributed by atoms with van der Waals surface area (Å²) in [5, 5.41) is 3.28. The lowest BCUT2D eigenvalue weighted by Crippen LogP contribution is -2.30. The van der Waals surface area contributed by atoms with Crippen molar-refractivity contribution in [2.24, 2.45) is 0 Å². The van der Waals surface area contributed by atoms with Crippen LogP contribution in [0.3, 0.4) is 0 Å². The number of amides is 1. The Balaban J connectivity index is 2.04. The Morgan fingerprint density at radius 3 is 2.62 bits per heavy atom. The van der Waals surface area contributed by atoms with Gasteiger partial charge in [0.1, 0.15) is 11.6 Å². The van der Waals surface area contributed by atoms with Gasteiger partial charge >= 0.3 is 0 Å². The highest BCUT2D eigenvalue weighted by atomic mass is 19.1. The first kappa shape index (κ1) is 17.8. The number of unbranched alkanes of at least 4 members (excludes halogenated alkanes) is 1. The minimum atomic E-state index is -0.384. The summed E-state index contributed by atoms with van der Waals surface area (Å²) >= 11 is 0. The van der Waals surface area contributed by atoms with Crippen LogP contribution in [0.25, 0.3) is 16.6 Å². The largest absolute Gasteiger partial charge is 0.349 e. The molecular weight excluding hydrogens is 333 g/mol. The van der Waals surface area contributed by atoms with Crippen molar-refractivity contribution < 1.29 is 9.18 Å². The van der Waals surface area contributed by atoms with Crippen LogP contribution in [-0.2, 0) is 11.3 Å². The number of nitrogens with zero attached hydrogens (tertiary/aromatic N) is 2. The van der Waals surface area contributed by atoms with Gasteiger partial charge in [0.2, 0.25) is 5.91 Å². The minimum Gasteiger partial charge on any atom is -0.349 e. The summed E-state index contributed by atoms with van der Waals surface area (Å²) in [4.78, 5) is 29.4. The van der Waals surface area contributed by atoms with E-state index in [1.165, 1.54) is 28.8 Å². The number of aromatic nitrogens is 2. The molecule has 0 unspecified atom stereocenters. The van der Waals surface area contributed by atoms with Gasteiger partial charge in [-0.15, -0.1) is 0 Å². The predicted octanol–water partition coefficient (Wildman–Crippen LogP) is 3.33. The summed E-state index contributed by atoms with van der Waals surface area (Å²) in [6.45, 7) is 2.14. The number of carbonyl (C=O) groups excluding carboxylic acids is 1. The van der Waals surface area contributed by atoms with Gasteiger partial charge in [-0.1, -0.05) is 25.5 Å². The normalized spacial score (nSPS) is 10.8. The number of hydrogen-bond acceptors (Lipinski definition) is 3. The highest BCUT2D eigenvalue weighted by molar-refractivity contribution is 5.78. The molecule has 5 nitrogen and oxygen atoms in total. The van der Waals surface area contributed by atoms with Crippen LogP contribution >= 0.6 is 0 Å². The zero-order valence-electron chi connectivity index (χ0n) is 14.5. The molecule has 0 saturated heterocycles. The topological polar surface area (TPSA) is 64.0 Å². The lowest BCUT2D eigenvalue weighted by atomic mass is 10.2. The van der Waals surface area contributed by atoms with E-state index in [1.54, 1.807) is 24.3 Å². The number of halogens is 1. The van der Waals surface area contributed by atoms with Crippen molar-refractivity contribution in [1.29, 1.82) is 0 Å². The van der Waals surface area contributed by atoms with Crippen molar-refractivity contribution in [3.63, 3.8) is 0 Å². The number of para-hydroxylation sites is 1. The van der Waals surface area contributed by atoms with E-state index in [1.807, 2.05) is 6.92 Å². The van der Waals surface area contributed by atoms with Crippen LogP contribution in [0, 0.1) is 5.82 Å². The van der Waals surface area contributed by atoms with Crippen LogP contribution in [0.4, 0.5) is 4.39 Å². The lowest BCUT2D eigenvalue weighted by Gasteiger charge is -2.14. The Kier molecular flexibility index (Phi) is 5.41. The zero-order valence-corrected chi connectivity index (χ0v) is 14.5. The van der Waals surface area contributed by atoms with Gasteiger partial charge in [0.25, 0.3) is 5.56 Å². The number of rotatable bonds is 6. The summed E-state index contributed by atoms with van der Waals surface area (Å²) in [6, 6.07) is 12.7. The molecule has 3 rings (SSSR count). The molecule has 0 aliphatic carbocycles. The molecule has 1 heterocycles. The standard InChI is InChI=1S/C20H20FN3O2/c1-2-3-8-19(25)22-13-18-23-17-7-5-4-6-16(17)20(26)24(18)15-11-9-14(21)10-12-15/h4-7,9-12H,2-3,8,13H2,1H3,(H,22,25). The molecule has 134 valence electrons. The summed E-state index contributed by atoms with van der Waals surface area (Å²) < 4.78 is 14.7. The summed E-state index contributed by atoms with van der Waals surface area (Å²) in [7, 11) is 0. The fraction of sp³-hybridized carbons (Fsp3) is 0.250. The maximum absolute atomic E-state index is 13.3. The predicted molar refractivity (Wildman–Crippen MR) is 98.7 cm³/mol. The van der Waals surface area contributed by atoms with Gasteiger partial charge in [0.05, 0.1) is 23.1 Å². The minimum absolute atomic E-state index is 0.0834. The van der Waals surface area contributed by atoms with Crippen molar-refractivity contribution in [1.82, 2.24) is 14.9 Å². The first-order chi connectivity index (χ1) is 12.6. The molecule has 3 aromatic rings. The van der Waals surface area contributed by atoms with Gasteiger partial charge in [-0.2, -0.15) is 0 Å². The van der Waals surface area contributed by atoms with E-state index >= 15 is 0 Å². The summed E-state index contributed by atoms with van der Waals surface area (Å²) in [6.07, 6.45) is 2.18. The van der Waals surface area contributed by atoms with Gasteiger partial charge in [-0.05, 0) is 42.8 Å². The van der Waals surface area contributed by atoms with E-state index in [9.17, 15) is 14.0 Å². The molecule has 6 heteroatoms. The smallest absolute Gasteiger partial charge is 0.266 e. The Morgan fingerprint density at radius 1 is 1.15 bits per heavy atom. The van der Waals surface area contributed by atoms with Crippen LogP contribution in [-0.4, -0.2) is 15.5 Å². The second-order valence-corrected chi connectivity index (χ2v) is 6.04. The molecule has 2 aromatic carbocycles. The van der Waals surface area contributed by atoms with E-state index in [-0.39, 0.29) is 23.8 Å². The lowest BCUT2D eigenvalue weighted by molar-refractivity contribution is -0.121. The third kappa shape index (κ3) is 3.79. The third-order valence-corrected chi connectivity index (χ3v) is 4.13. The Hall–Kier alpha value is -3.02. The molecule has 0 saturated carbocycles. The molecular formula is C20H20FN3O2. The number of nitrogens with one attached hydrogen (secondary N) is 1. The van der Waals surface area contributed by atoms with Gasteiger partial charge in [0.15, 0.2) is 0 Å². The fourth-order valence-electron chi connectivity index (χ4n) is 2.76. The second kappa shape index (κ2) is 7.91. The number of hydrogen-bond donors (Lipinski definition) is 1. The van der Waals surface area contributed by atoms with Crippen molar-refractivity contribution in [3.05, 3.63) is 70.5 Å². The quantitative estimate of drug-likeness (QED) is 0.739. The van der Waals surface area contributed by atoms with E-state index in [4.69, 9.17) is 0 Å². The summed E-state index contributed by atoms with van der Waals surface area (Å²) in [5.74, 6) is -0.0602. The molecule has 0 fully saturated rings. The Bertz CT molecular complexity index is 981. The van der Waals surface area contributed by atoms with Gasteiger partial charge < -0.3 is 5.32 Å². The van der Waals surface area contributed by atoms with Gasteiger partial charge in [-0.25, -0.2) is 9.37 Å². The van der Waals surface area contributed by atoms with Crippen LogP contribution in [0.15, 0.2) is 53.3 Å². The molecule has 1 N–H and O–H groups in total. The summed E-state index contributed by atoms with van der Waals surface area (Å²) in [5.41, 5.74) is 0.821. The van der Waals surface area contributed by atoms with Gasteiger partial charge in [0, 0.05) is 6.42 Å². The van der Waals surface area contributed by atoms with Crippen molar-refractivity contribution >= 4 is 16.8 Å². The van der Waals surface area contributed by atoms with Crippen LogP contribution < -0.4 is 10.9 Å². The molecule has 0 bridgehead atoms. The van der Waals surface area contributed by atoms with Crippen LogP contribution in [0.1, 0.15) is 32.0 Å². The molecule has 1 amide bonds. The highest BCUT2D eigenvalue weighted by Crippen LogP contribution is 2.14. The van der Waals surface area contributed by atoms with E-state index in [2.05, 4.69) is 10.3 Å². The SMILES string of the molecule is CCCCC(=O)NCc1nc2ccccc2c(=O)n1-c1ccc(F)cc1. The first-order valence-corrected chi connectivity index (χ1v) is 8.63. The Labute approximate surface area is 150 Å². The molecule has 0 atom stereocenters. The second-order valence-electron chi connectivity index (χ2n) is 6.04. The van der Waals surface area contributed by atoms with Crippen molar-refractivity contribution in [2.75, 3.05) is 0 Å². The van der Waals surface area contributed by atoms with Crippen molar-refractivity contribution in [2.45, 2.75) is 32.7 Å². The monoisotopic (exact) mass is 353 g/mol. The number of carbonyl (C=O) groups is 1. The van der Waals surface area contributed by atoms with E-state index in [0.717, 1.165) is 12.8 Å². The molecule has 1 aromatic heterocycles. The number of fused-ring (bicyclic) bond motifs is 1. The molecule has 0 aliphatic rings. The van der Waals surface area contributed by atoms with Crippen molar-refractivity contribution in [3.8, 4) is 5.69 Å². The number of benzene rings is 2. The molecule has 0 aliphatic heterocycles. The average molecular weight is 353 g/mol. The third-order valence-electron chi connectivity index (χ3n) is 4.13. The first-order valence-electron chi connectivity index (χ1n) is 8.63. The van der Waals surface area contributed by atoms with Crippen LogP contribution in [0.2, 0.25) is 0 Å². The Morgan fingerprint density at radius 2 is 1.88 bits per heavy atom. The zero-order chi connectivity index (χ0) is 18.5. The van der Waals surface area contributed by atoms with Crippen LogP contribution in [0.5, 0.6) is 0 Å². The van der Waals surface area contributed by atoms with E-state index in [0.29, 0.717) is 28.8 Å². The maximum Gasteiger partial charge on any atom is 0.266 e. The highest BCUT2D eigenvalue weighted by Gasteiger charge is 2.13. The molecule has 0 spiro atoms.